The minimum absolute atomic E-state index is 0.00828. The van der Waals surface area contributed by atoms with E-state index in [1.165, 1.54) is 17.8 Å². The molecular formula is C19H19F3N2O2S. The van der Waals surface area contributed by atoms with Crippen molar-refractivity contribution in [3.05, 3.63) is 53.7 Å². The number of carbonyl (C=O) groups is 1. The molecule has 1 aliphatic heterocycles. The highest BCUT2D eigenvalue weighted by molar-refractivity contribution is 7.98. The van der Waals surface area contributed by atoms with Crippen molar-refractivity contribution in [2.45, 2.75) is 30.0 Å². The second kappa shape index (κ2) is 8.21. The van der Waals surface area contributed by atoms with Crippen LogP contribution in [0.5, 0.6) is 5.88 Å². The second-order valence-electron chi connectivity index (χ2n) is 6.19. The highest BCUT2D eigenvalue weighted by Gasteiger charge is 2.31. The van der Waals surface area contributed by atoms with E-state index in [0.717, 1.165) is 17.2 Å². The fraction of sp³-hybridized carbons (Fsp3) is 0.368. The average Bonchev–Trinajstić information content (AvgIpc) is 2.68. The van der Waals surface area contributed by atoms with Gasteiger partial charge >= 0.3 is 6.18 Å². The Morgan fingerprint density at radius 3 is 2.48 bits per heavy atom. The number of carbonyl (C=O) groups excluding carboxylic acids is 1. The lowest BCUT2D eigenvalue weighted by Gasteiger charge is -2.32. The van der Waals surface area contributed by atoms with E-state index < -0.39 is 11.7 Å². The maximum atomic E-state index is 12.7. The Labute approximate surface area is 159 Å². The van der Waals surface area contributed by atoms with Crippen LogP contribution in [0.15, 0.2) is 47.5 Å². The van der Waals surface area contributed by atoms with Crippen molar-refractivity contribution in [3.8, 4) is 5.88 Å². The largest absolute Gasteiger partial charge is 0.474 e. The van der Waals surface area contributed by atoms with Crippen LogP contribution in [-0.2, 0) is 6.18 Å². The SMILES string of the molecule is CSc1ccccc1C(=O)N1CCC(Oc2ccc(C(F)(F)F)cn2)CC1. The first-order valence-corrected chi connectivity index (χ1v) is 9.73. The number of nitrogens with zero attached hydrogens (tertiary/aromatic N) is 2. The highest BCUT2D eigenvalue weighted by atomic mass is 32.2. The van der Waals surface area contributed by atoms with Gasteiger partial charge in [0.1, 0.15) is 6.10 Å². The topological polar surface area (TPSA) is 42.4 Å². The number of hydrogen-bond acceptors (Lipinski definition) is 4. The van der Waals surface area contributed by atoms with Crippen molar-refractivity contribution in [2.24, 2.45) is 0 Å². The van der Waals surface area contributed by atoms with Crippen LogP contribution in [0.1, 0.15) is 28.8 Å². The van der Waals surface area contributed by atoms with Gasteiger partial charge in [0, 0.05) is 43.1 Å². The monoisotopic (exact) mass is 396 g/mol. The summed E-state index contributed by atoms with van der Waals surface area (Å²) in [5, 5.41) is 0. The Bertz CT molecular complexity index is 788. The predicted molar refractivity (Wildman–Crippen MR) is 97.0 cm³/mol. The molecule has 2 heterocycles. The summed E-state index contributed by atoms with van der Waals surface area (Å²) in [7, 11) is 0. The summed E-state index contributed by atoms with van der Waals surface area (Å²) in [5.41, 5.74) is -0.114. The first-order valence-electron chi connectivity index (χ1n) is 8.50. The zero-order valence-electron chi connectivity index (χ0n) is 14.7. The summed E-state index contributed by atoms with van der Waals surface area (Å²) in [4.78, 5) is 19.2. The number of halogens is 3. The van der Waals surface area contributed by atoms with E-state index >= 15 is 0 Å². The van der Waals surface area contributed by atoms with Crippen LogP contribution >= 0.6 is 11.8 Å². The normalized spacial score (nSPS) is 15.6. The summed E-state index contributed by atoms with van der Waals surface area (Å²) in [6, 6.07) is 9.68. The van der Waals surface area contributed by atoms with Crippen LogP contribution in [-0.4, -0.2) is 41.2 Å². The Kier molecular flexibility index (Phi) is 5.94. The van der Waals surface area contributed by atoms with Gasteiger partial charge in [-0.05, 0) is 24.5 Å². The van der Waals surface area contributed by atoms with E-state index in [9.17, 15) is 18.0 Å². The van der Waals surface area contributed by atoms with Gasteiger partial charge in [-0.25, -0.2) is 4.98 Å². The van der Waals surface area contributed by atoms with E-state index in [0.29, 0.717) is 31.5 Å². The molecule has 1 aliphatic rings. The number of rotatable bonds is 4. The maximum absolute atomic E-state index is 12.7. The number of alkyl halides is 3. The number of thioether (sulfide) groups is 1. The Balaban J connectivity index is 1.56. The average molecular weight is 396 g/mol. The molecule has 0 unspecified atom stereocenters. The molecule has 0 bridgehead atoms. The summed E-state index contributed by atoms with van der Waals surface area (Å²) in [6.45, 7) is 1.07. The zero-order chi connectivity index (χ0) is 19.4. The number of piperidine rings is 1. The first kappa shape index (κ1) is 19.5. The third-order valence-corrected chi connectivity index (χ3v) is 5.21. The number of aromatic nitrogens is 1. The van der Waals surface area contributed by atoms with Crippen molar-refractivity contribution >= 4 is 17.7 Å². The van der Waals surface area contributed by atoms with E-state index in [-0.39, 0.29) is 17.9 Å². The summed E-state index contributed by atoms with van der Waals surface area (Å²) >= 11 is 1.53. The van der Waals surface area contributed by atoms with Crippen molar-refractivity contribution < 1.29 is 22.7 Å². The van der Waals surface area contributed by atoms with Crippen LogP contribution in [0.2, 0.25) is 0 Å². The van der Waals surface area contributed by atoms with Crippen molar-refractivity contribution in [3.63, 3.8) is 0 Å². The summed E-state index contributed by atoms with van der Waals surface area (Å²) < 4.78 is 43.4. The molecular weight excluding hydrogens is 377 g/mol. The van der Waals surface area contributed by atoms with Crippen molar-refractivity contribution in [1.29, 1.82) is 0 Å². The molecule has 1 saturated heterocycles. The number of pyridine rings is 1. The van der Waals surface area contributed by atoms with Crippen molar-refractivity contribution in [2.75, 3.05) is 19.3 Å². The molecule has 144 valence electrons. The van der Waals surface area contributed by atoms with Gasteiger partial charge in [-0.3, -0.25) is 4.79 Å². The minimum Gasteiger partial charge on any atom is -0.474 e. The lowest BCUT2D eigenvalue weighted by molar-refractivity contribution is -0.137. The Morgan fingerprint density at radius 1 is 1.19 bits per heavy atom. The lowest BCUT2D eigenvalue weighted by Crippen LogP contribution is -2.42. The maximum Gasteiger partial charge on any atom is 0.417 e. The van der Waals surface area contributed by atoms with Gasteiger partial charge in [-0.15, -0.1) is 11.8 Å². The third kappa shape index (κ3) is 4.74. The van der Waals surface area contributed by atoms with Gasteiger partial charge < -0.3 is 9.64 Å². The Morgan fingerprint density at radius 2 is 1.89 bits per heavy atom. The fourth-order valence-electron chi connectivity index (χ4n) is 2.96. The van der Waals surface area contributed by atoms with Crippen LogP contribution in [0, 0.1) is 0 Å². The number of benzene rings is 1. The minimum atomic E-state index is -4.41. The van der Waals surface area contributed by atoms with E-state index in [4.69, 9.17) is 4.74 Å². The molecule has 0 aliphatic carbocycles. The van der Waals surface area contributed by atoms with Crippen LogP contribution in [0.4, 0.5) is 13.2 Å². The van der Waals surface area contributed by atoms with Crippen LogP contribution < -0.4 is 4.74 Å². The van der Waals surface area contributed by atoms with Gasteiger partial charge in [-0.1, -0.05) is 12.1 Å². The molecule has 1 aromatic carbocycles. The summed E-state index contributed by atoms with van der Waals surface area (Å²) in [6.07, 6.45) is -0.666. The molecule has 1 amide bonds. The second-order valence-corrected chi connectivity index (χ2v) is 7.04. The van der Waals surface area contributed by atoms with Gasteiger partial charge in [0.25, 0.3) is 5.91 Å². The number of ether oxygens (including phenoxy) is 1. The van der Waals surface area contributed by atoms with Crippen LogP contribution in [0.3, 0.4) is 0 Å². The molecule has 27 heavy (non-hydrogen) atoms. The molecule has 2 aromatic rings. The lowest BCUT2D eigenvalue weighted by atomic mass is 10.1. The smallest absolute Gasteiger partial charge is 0.417 e. The zero-order valence-corrected chi connectivity index (χ0v) is 15.5. The van der Waals surface area contributed by atoms with Crippen molar-refractivity contribution in [1.82, 2.24) is 9.88 Å². The standard InChI is InChI=1S/C19H19F3N2O2S/c1-27-16-5-3-2-4-15(16)18(25)24-10-8-14(9-11-24)26-17-7-6-13(12-23-17)19(20,21)22/h2-7,12,14H,8-11H2,1H3. The first-order chi connectivity index (χ1) is 12.9. The van der Waals surface area contributed by atoms with Gasteiger partial charge in [-0.2, -0.15) is 13.2 Å². The quantitative estimate of drug-likeness (QED) is 0.714. The number of amides is 1. The molecule has 4 nitrogen and oxygen atoms in total. The molecule has 0 N–H and O–H groups in total. The number of likely N-dealkylation sites (tertiary alicyclic amines) is 1. The molecule has 0 radical (unpaired) electrons. The molecule has 1 fully saturated rings. The van der Waals surface area contributed by atoms with Crippen LogP contribution in [0.25, 0.3) is 0 Å². The van der Waals surface area contributed by atoms with Gasteiger partial charge in [0.05, 0.1) is 11.1 Å². The molecule has 0 atom stereocenters. The molecule has 0 spiro atoms. The molecule has 3 rings (SSSR count). The molecule has 0 saturated carbocycles. The fourth-order valence-corrected chi connectivity index (χ4v) is 3.55. The van der Waals surface area contributed by atoms with E-state index in [2.05, 4.69) is 4.98 Å². The summed E-state index contributed by atoms with van der Waals surface area (Å²) in [5.74, 6) is 0.159. The predicted octanol–water partition coefficient (Wildman–Crippen LogP) is 4.51. The van der Waals surface area contributed by atoms with Gasteiger partial charge in [0.2, 0.25) is 5.88 Å². The molecule has 8 heteroatoms. The third-order valence-electron chi connectivity index (χ3n) is 4.42. The molecule has 1 aromatic heterocycles. The van der Waals surface area contributed by atoms with E-state index in [1.807, 2.05) is 30.5 Å². The van der Waals surface area contributed by atoms with Gasteiger partial charge in [0.15, 0.2) is 0 Å². The highest BCUT2D eigenvalue weighted by Crippen LogP contribution is 2.30. The van der Waals surface area contributed by atoms with E-state index in [1.54, 1.807) is 4.90 Å². The Hall–Kier alpha value is -2.22. The number of hydrogen-bond donors (Lipinski definition) is 0.